The van der Waals surface area contributed by atoms with Crippen LogP contribution in [0.4, 0.5) is 0 Å². The van der Waals surface area contributed by atoms with Gasteiger partial charge in [-0.3, -0.25) is 0 Å². The lowest BCUT2D eigenvalue weighted by Crippen LogP contribution is -2.25. The normalized spacial score (nSPS) is 18.7. The minimum atomic E-state index is -0.221. The van der Waals surface area contributed by atoms with Crippen molar-refractivity contribution in [3.63, 3.8) is 0 Å². The largest absolute Gasteiger partial charge is 0.453 e. The minimum absolute atomic E-state index is 0.0970. The first-order chi connectivity index (χ1) is 10.7. The van der Waals surface area contributed by atoms with Crippen molar-refractivity contribution in [3.05, 3.63) is 47.7 Å². The molecule has 0 amide bonds. The van der Waals surface area contributed by atoms with Crippen LogP contribution >= 0.6 is 0 Å². The number of hydrogen-bond donors (Lipinski definition) is 1. The third kappa shape index (κ3) is 4.90. The Morgan fingerprint density at radius 2 is 1.86 bits per heavy atom. The van der Waals surface area contributed by atoms with E-state index in [0.29, 0.717) is 0 Å². The summed E-state index contributed by atoms with van der Waals surface area (Å²) >= 11 is 0. The molecule has 2 unspecified atom stereocenters. The maximum absolute atomic E-state index is 11.6. The number of esters is 1. The van der Waals surface area contributed by atoms with Gasteiger partial charge in [0.15, 0.2) is 0 Å². The van der Waals surface area contributed by atoms with Crippen molar-refractivity contribution in [2.75, 3.05) is 0 Å². The van der Waals surface area contributed by atoms with E-state index in [-0.39, 0.29) is 18.1 Å². The van der Waals surface area contributed by atoms with Gasteiger partial charge in [-0.05, 0) is 25.3 Å². The van der Waals surface area contributed by atoms with Gasteiger partial charge < -0.3 is 10.1 Å². The molecule has 0 aliphatic carbocycles. The Bertz CT molecular complexity index is 495. The van der Waals surface area contributed by atoms with Crippen LogP contribution in [0, 0.1) is 0 Å². The van der Waals surface area contributed by atoms with E-state index < -0.39 is 0 Å². The molecule has 0 saturated carbocycles. The number of carbonyl (C=O) groups is 1. The van der Waals surface area contributed by atoms with Gasteiger partial charge in [-0.2, -0.15) is 0 Å². The molecule has 3 heteroatoms. The topological polar surface area (TPSA) is 38.3 Å². The van der Waals surface area contributed by atoms with Crippen molar-refractivity contribution in [1.29, 1.82) is 0 Å². The summed E-state index contributed by atoms with van der Waals surface area (Å²) < 4.78 is 5.42. The van der Waals surface area contributed by atoms with E-state index in [0.717, 1.165) is 18.5 Å². The molecule has 0 fully saturated rings. The molecule has 0 bridgehead atoms. The number of rotatable bonds is 9. The van der Waals surface area contributed by atoms with Crippen LogP contribution in [0.25, 0.3) is 0 Å². The predicted octanol–water partition coefficient (Wildman–Crippen LogP) is 4.51. The Morgan fingerprint density at radius 1 is 1.14 bits per heavy atom. The average molecular weight is 301 g/mol. The SMILES string of the molecule is CCCCCCCC1OC(=O)C=C1NC(C)c1ccccc1. The van der Waals surface area contributed by atoms with Gasteiger partial charge in [0.25, 0.3) is 0 Å². The van der Waals surface area contributed by atoms with Crippen LogP contribution in [0.2, 0.25) is 0 Å². The standard InChI is InChI=1S/C19H27NO2/c1-3-4-5-6-10-13-18-17(14-19(21)22-18)20-15(2)16-11-8-7-9-12-16/h7-9,11-12,14-15,18,20H,3-6,10,13H2,1-2H3. The highest BCUT2D eigenvalue weighted by atomic mass is 16.5. The lowest BCUT2D eigenvalue weighted by atomic mass is 10.0. The van der Waals surface area contributed by atoms with Crippen LogP contribution in [0.1, 0.15) is 64.0 Å². The quantitative estimate of drug-likeness (QED) is 0.539. The van der Waals surface area contributed by atoms with E-state index in [1.807, 2.05) is 18.2 Å². The molecule has 0 saturated heterocycles. The van der Waals surface area contributed by atoms with E-state index in [4.69, 9.17) is 4.74 Å². The zero-order valence-electron chi connectivity index (χ0n) is 13.7. The number of ether oxygens (including phenoxy) is 1. The van der Waals surface area contributed by atoms with Crippen molar-refractivity contribution < 1.29 is 9.53 Å². The molecule has 22 heavy (non-hydrogen) atoms. The summed E-state index contributed by atoms with van der Waals surface area (Å²) in [6, 6.07) is 10.4. The van der Waals surface area contributed by atoms with E-state index in [2.05, 4.69) is 31.3 Å². The maximum Gasteiger partial charge on any atom is 0.333 e. The molecule has 1 N–H and O–H groups in total. The molecule has 2 atom stereocenters. The van der Waals surface area contributed by atoms with Crippen LogP contribution in [-0.2, 0) is 9.53 Å². The van der Waals surface area contributed by atoms with Crippen LogP contribution in [0.5, 0.6) is 0 Å². The fraction of sp³-hybridized carbons (Fsp3) is 0.526. The Morgan fingerprint density at radius 3 is 2.59 bits per heavy atom. The monoisotopic (exact) mass is 301 g/mol. The van der Waals surface area contributed by atoms with Crippen molar-refractivity contribution in [2.24, 2.45) is 0 Å². The zero-order valence-corrected chi connectivity index (χ0v) is 13.7. The second-order valence-electron chi connectivity index (χ2n) is 6.00. The van der Waals surface area contributed by atoms with Gasteiger partial charge >= 0.3 is 5.97 Å². The van der Waals surface area contributed by atoms with Gasteiger partial charge in [-0.1, -0.05) is 62.9 Å². The number of carbonyl (C=O) groups excluding carboxylic acids is 1. The van der Waals surface area contributed by atoms with E-state index >= 15 is 0 Å². The lowest BCUT2D eigenvalue weighted by molar-refractivity contribution is -0.139. The number of unbranched alkanes of at least 4 members (excludes halogenated alkanes) is 4. The number of hydrogen-bond acceptors (Lipinski definition) is 3. The molecule has 1 aromatic carbocycles. The second-order valence-corrected chi connectivity index (χ2v) is 6.00. The Hall–Kier alpha value is -1.77. The van der Waals surface area contributed by atoms with E-state index in [9.17, 15) is 4.79 Å². The summed E-state index contributed by atoms with van der Waals surface area (Å²) in [6.07, 6.45) is 8.55. The summed E-state index contributed by atoms with van der Waals surface area (Å²) in [5.74, 6) is -0.221. The summed E-state index contributed by atoms with van der Waals surface area (Å²) in [7, 11) is 0. The Kier molecular flexibility index (Phi) is 6.50. The smallest absolute Gasteiger partial charge is 0.333 e. The van der Waals surface area contributed by atoms with Gasteiger partial charge in [0, 0.05) is 12.1 Å². The van der Waals surface area contributed by atoms with Gasteiger partial charge in [0.1, 0.15) is 6.10 Å². The molecular weight excluding hydrogens is 274 g/mol. The fourth-order valence-electron chi connectivity index (χ4n) is 2.82. The molecule has 0 aromatic heterocycles. The summed E-state index contributed by atoms with van der Waals surface area (Å²) in [6.45, 7) is 4.33. The molecule has 3 nitrogen and oxygen atoms in total. The van der Waals surface area contributed by atoms with Crippen molar-refractivity contribution in [3.8, 4) is 0 Å². The van der Waals surface area contributed by atoms with Crippen LogP contribution in [0.15, 0.2) is 42.1 Å². The van der Waals surface area contributed by atoms with Gasteiger partial charge in [0.05, 0.1) is 5.70 Å². The summed E-state index contributed by atoms with van der Waals surface area (Å²) in [5.41, 5.74) is 2.14. The summed E-state index contributed by atoms with van der Waals surface area (Å²) in [4.78, 5) is 11.6. The molecule has 0 spiro atoms. The Balaban J connectivity index is 1.85. The van der Waals surface area contributed by atoms with Gasteiger partial charge in [0.2, 0.25) is 0 Å². The number of nitrogens with one attached hydrogen (secondary N) is 1. The first-order valence-corrected chi connectivity index (χ1v) is 8.44. The van der Waals surface area contributed by atoms with Crippen LogP contribution in [-0.4, -0.2) is 12.1 Å². The third-order valence-electron chi connectivity index (χ3n) is 4.13. The highest BCUT2D eigenvalue weighted by Crippen LogP contribution is 2.23. The first kappa shape index (κ1) is 16.6. The molecule has 0 radical (unpaired) electrons. The number of cyclic esters (lactones) is 1. The molecular formula is C19H27NO2. The van der Waals surface area contributed by atoms with Crippen LogP contribution in [0.3, 0.4) is 0 Å². The Labute approximate surface area is 133 Å². The minimum Gasteiger partial charge on any atom is -0.453 e. The van der Waals surface area contributed by atoms with E-state index in [1.54, 1.807) is 6.08 Å². The highest BCUT2D eigenvalue weighted by Gasteiger charge is 2.26. The molecule has 1 aliphatic rings. The fourth-order valence-corrected chi connectivity index (χ4v) is 2.82. The molecule has 2 rings (SSSR count). The average Bonchev–Trinajstić information content (AvgIpc) is 2.87. The highest BCUT2D eigenvalue weighted by molar-refractivity contribution is 5.85. The first-order valence-electron chi connectivity index (χ1n) is 8.44. The van der Waals surface area contributed by atoms with Crippen LogP contribution < -0.4 is 5.32 Å². The molecule has 1 aromatic rings. The zero-order chi connectivity index (χ0) is 15.8. The lowest BCUT2D eigenvalue weighted by Gasteiger charge is -2.20. The van der Waals surface area contributed by atoms with Gasteiger partial charge in [-0.15, -0.1) is 0 Å². The summed E-state index contributed by atoms with van der Waals surface area (Å²) in [5, 5.41) is 3.44. The van der Waals surface area contributed by atoms with Gasteiger partial charge in [-0.25, -0.2) is 4.79 Å². The maximum atomic E-state index is 11.6. The molecule has 1 aliphatic heterocycles. The van der Waals surface area contributed by atoms with Crippen molar-refractivity contribution in [1.82, 2.24) is 5.32 Å². The van der Waals surface area contributed by atoms with Crippen molar-refractivity contribution >= 4 is 5.97 Å². The second kappa shape index (κ2) is 8.62. The predicted molar refractivity (Wildman–Crippen MR) is 89.3 cm³/mol. The molecule has 120 valence electrons. The number of benzene rings is 1. The third-order valence-corrected chi connectivity index (χ3v) is 4.13. The molecule has 1 heterocycles. The van der Waals surface area contributed by atoms with Crippen molar-refractivity contribution in [2.45, 2.75) is 64.5 Å². The van der Waals surface area contributed by atoms with E-state index in [1.165, 1.54) is 31.2 Å².